The van der Waals surface area contributed by atoms with Crippen LogP contribution < -0.4 is 10.9 Å². The minimum atomic E-state index is -0.219. The Bertz CT molecular complexity index is 815. The Morgan fingerprint density at radius 2 is 2.25 bits per heavy atom. The van der Waals surface area contributed by atoms with Gasteiger partial charge in [-0.15, -0.1) is 11.3 Å². The molecule has 3 N–H and O–H groups in total. The van der Waals surface area contributed by atoms with Crippen LogP contribution in [-0.2, 0) is 45.6 Å². The third kappa shape index (κ3) is 4.13. The van der Waals surface area contributed by atoms with E-state index in [2.05, 4.69) is 15.3 Å². The van der Waals surface area contributed by atoms with Gasteiger partial charge in [0.15, 0.2) is 11.3 Å². The normalized spacial score (nSPS) is 16.0. The summed E-state index contributed by atoms with van der Waals surface area (Å²) in [5.74, 6) is 0.900. The van der Waals surface area contributed by atoms with Crippen LogP contribution in [0.4, 0.5) is 11.8 Å². The summed E-state index contributed by atoms with van der Waals surface area (Å²) in [6.45, 7) is 4.39. The van der Waals surface area contributed by atoms with E-state index in [9.17, 15) is 9.59 Å². The first kappa shape index (κ1) is 19.3. The third-order valence-electron chi connectivity index (χ3n) is 4.21. The second kappa shape index (κ2) is 7.89. The Hall–Kier alpha value is -1.05. The molecule has 1 radical (unpaired) electrons. The van der Waals surface area contributed by atoms with Gasteiger partial charge in [0, 0.05) is 55.6 Å². The number of nitrogens with zero attached hydrogens (tertiary/aromatic N) is 1. The number of hydrogen-bond donors (Lipinski definition) is 2. The summed E-state index contributed by atoms with van der Waals surface area (Å²) >= 11 is 1.57. The van der Waals surface area contributed by atoms with E-state index in [-0.39, 0.29) is 50.0 Å². The van der Waals surface area contributed by atoms with Gasteiger partial charge in [0.25, 0.3) is 0 Å². The number of aromatic nitrogens is 2. The fourth-order valence-corrected chi connectivity index (χ4v) is 4.00. The summed E-state index contributed by atoms with van der Waals surface area (Å²) in [7, 11) is 0. The van der Waals surface area contributed by atoms with Crippen LogP contribution in [0.5, 0.6) is 0 Å². The number of Topliss-reactive ketones (excluding diaryl/α,β-unsaturated/α-hetero) is 1. The number of carbonyl (C=O) groups excluding carboxylic acids is 1. The summed E-state index contributed by atoms with van der Waals surface area (Å²) in [5.41, 5.74) is 9.04. The number of H-pyrrole nitrogens is 1. The third-order valence-corrected chi connectivity index (χ3v) is 5.61. The molecule has 2 aromatic rings. The fourth-order valence-electron chi connectivity index (χ4n) is 2.92. The van der Waals surface area contributed by atoms with E-state index >= 15 is 0 Å². The number of aryl methyl sites for hydroxylation is 2. The zero-order chi connectivity index (χ0) is 16.6. The van der Waals surface area contributed by atoms with E-state index in [4.69, 9.17) is 5.73 Å². The topological polar surface area (TPSA) is 98.7 Å². The molecule has 2 aromatic heterocycles. The Morgan fingerprint density at radius 3 is 2.92 bits per heavy atom. The van der Waals surface area contributed by atoms with E-state index in [1.165, 1.54) is 10.4 Å². The maximum Gasteiger partial charge on any atom is 0.200 e. The number of rotatable bonds is 4. The van der Waals surface area contributed by atoms with Crippen molar-refractivity contribution in [2.24, 2.45) is 5.92 Å². The van der Waals surface area contributed by atoms with Crippen LogP contribution in [0, 0.1) is 12.8 Å². The molecule has 1 atom stereocenters. The number of thiophene rings is 1. The van der Waals surface area contributed by atoms with Crippen LogP contribution in [0.3, 0.4) is 0 Å². The van der Waals surface area contributed by atoms with Gasteiger partial charge in [-0.1, -0.05) is 0 Å². The molecule has 0 saturated carbocycles. The molecule has 0 aromatic carbocycles. The molecule has 125 valence electrons. The Labute approximate surface area is 169 Å². The zero-order valence-electron chi connectivity index (χ0n) is 13.7. The van der Waals surface area contributed by atoms with Crippen molar-refractivity contribution in [2.75, 3.05) is 11.9 Å². The van der Waals surface area contributed by atoms with E-state index in [1.54, 1.807) is 18.3 Å². The predicted octanol–water partition coefficient (Wildman–Crippen LogP) is 3.24. The van der Waals surface area contributed by atoms with Gasteiger partial charge in [-0.3, -0.25) is 9.59 Å². The van der Waals surface area contributed by atoms with Crippen molar-refractivity contribution in [3.8, 4) is 0 Å². The maximum atomic E-state index is 11.9. The summed E-state index contributed by atoms with van der Waals surface area (Å²) in [4.78, 5) is 31.9. The summed E-state index contributed by atoms with van der Waals surface area (Å²) in [6, 6.07) is 1.96. The van der Waals surface area contributed by atoms with E-state index in [1.807, 2.05) is 13.0 Å². The number of hydrogen-bond acceptors (Lipinski definition) is 5. The first-order chi connectivity index (χ1) is 10.9. The van der Waals surface area contributed by atoms with Crippen LogP contribution in [-0.4, -0.2) is 22.3 Å². The molecule has 24 heavy (non-hydrogen) atoms. The van der Waals surface area contributed by atoms with Crippen molar-refractivity contribution >= 4 is 28.9 Å². The van der Waals surface area contributed by atoms with E-state index in [0.717, 1.165) is 24.3 Å². The van der Waals surface area contributed by atoms with Gasteiger partial charge in [0.2, 0.25) is 0 Å². The summed E-state index contributed by atoms with van der Waals surface area (Å²) in [5, 5.41) is 3.17. The molecule has 1 aliphatic rings. The summed E-state index contributed by atoms with van der Waals surface area (Å²) in [6.07, 6.45) is 2.54. The second-order valence-electron chi connectivity index (χ2n) is 6.00. The number of nitrogens with one attached hydrogen (secondary N) is 3. The molecule has 8 heteroatoms. The van der Waals surface area contributed by atoms with Crippen molar-refractivity contribution in [1.82, 2.24) is 9.97 Å². The standard InChI is InChI=1S/C16H20N4O2S.Y/c1-8-5-13(9(2)21)23-12(8)4-3-10-6-11-14(18-7-10)19-16(17)20-15(11)22;/h5,10H,3-4,6-7H2,1-2H3,(H4,17,18,19,20,22);/p-1/t10-;/m0./s1. The van der Waals surface area contributed by atoms with Gasteiger partial charge in [0.05, 0.1) is 10.7 Å². The van der Waals surface area contributed by atoms with Crippen molar-refractivity contribution in [3.05, 3.63) is 43.0 Å². The van der Waals surface area contributed by atoms with Crippen molar-refractivity contribution in [1.29, 1.82) is 0 Å². The van der Waals surface area contributed by atoms with Crippen LogP contribution in [0.2, 0.25) is 0 Å². The molecule has 0 spiro atoms. The number of aromatic amines is 1. The van der Waals surface area contributed by atoms with Crippen molar-refractivity contribution < 1.29 is 37.5 Å². The minimum Gasteiger partial charge on any atom is -0.411 e. The van der Waals surface area contributed by atoms with Crippen molar-refractivity contribution in [3.63, 3.8) is 0 Å². The van der Waals surface area contributed by atoms with Gasteiger partial charge in [-0.05, 0) is 50.7 Å². The number of fused-ring (bicyclic) bond motifs is 1. The number of anilines is 1. The van der Waals surface area contributed by atoms with Gasteiger partial charge < -0.3 is 21.0 Å². The van der Waals surface area contributed by atoms with Gasteiger partial charge in [0.1, 0.15) is 0 Å². The zero-order valence-corrected chi connectivity index (χ0v) is 17.4. The van der Waals surface area contributed by atoms with Crippen LogP contribution in [0.25, 0.3) is 5.73 Å². The Morgan fingerprint density at radius 1 is 1.50 bits per heavy atom. The average Bonchev–Trinajstić information content (AvgIpc) is 2.87. The molecule has 3 heterocycles. The molecule has 0 bridgehead atoms. The SMILES string of the molecule is CC(=O)c1cc(C)c(CC[C@@H]2CNc3nc([NH-])[nH]c(=O)c3C2)s1.[Y]. The van der Waals surface area contributed by atoms with Crippen LogP contribution in [0.1, 0.15) is 39.0 Å². The molecule has 0 saturated heterocycles. The van der Waals surface area contributed by atoms with Crippen LogP contribution >= 0.6 is 11.3 Å². The minimum absolute atomic E-state index is 0. The van der Waals surface area contributed by atoms with Crippen molar-refractivity contribution in [2.45, 2.75) is 33.1 Å². The molecule has 6 nitrogen and oxygen atoms in total. The first-order valence-electron chi connectivity index (χ1n) is 7.63. The maximum absolute atomic E-state index is 11.9. The second-order valence-corrected chi connectivity index (χ2v) is 7.14. The molecular formula is C16H19N4O2SY-. The first-order valence-corrected chi connectivity index (χ1v) is 8.44. The molecular weight excluding hydrogens is 401 g/mol. The van der Waals surface area contributed by atoms with E-state index < -0.39 is 0 Å². The quantitative estimate of drug-likeness (QED) is 0.742. The molecule has 0 aliphatic carbocycles. The van der Waals surface area contributed by atoms with Crippen LogP contribution in [0.15, 0.2) is 10.9 Å². The molecule has 0 amide bonds. The summed E-state index contributed by atoms with van der Waals surface area (Å²) < 4.78 is 0. The smallest absolute Gasteiger partial charge is 0.200 e. The number of carbonyl (C=O) groups is 1. The molecule has 0 unspecified atom stereocenters. The molecule has 3 rings (SSSR count). The predicted molar refractivity (Wildman–Crippen MR) is 91.9 cm³/mol. The molecule has 0 fully saturated rings. The molecule has 1 aliphatic heterocycles. The van der Waals surface area contributed by atoms with Gasteiger partial charge in [-0.2, -0.15) is 0 Å². The fraction of sp³-hybridized carbons (Fsp3) is 0.438. The Balaban J connectivity index is 0.00000208. The monoisotopic (exact) mass is 420 g/mol. The largest absolute Gasteiger partial charge is 0.411 e. The number of ketones is 1. The average molecular weight is 420 g/mol. The van der Waals surface area contributed by atoms with E-state index in [0.29, 0.717) is 23.7 Å². The Kier molecular flexibility index (Phi) is 6.34. The van der Waals surface area contributed by atoms with Gasteiger partial charge in [-0.25, -0.2) is 0 Å². The van der Waals surface area contributed by atoms with Gasteiger partial charge >= 0.3 is 0 Å².